The Labute approximate surface area is 134 Å². The maximum Gasteiger partial charge on any atom is 0.131 e. The van der Waals surface area contributed by atoms with E-state index in [1.165, 1.54) is 0 Å². The van der Waals surface area contributed by atoms with Crippen LogP contribution in [0.15, 0.2) is 36.5 Å². The minimum Gasteiger partial charge on any atom is -0.395 e. The molecule has 2 heterocycles. The number of likely N-dealkylation sites (tertiary alicyclic amines) is 1. The van der Waals surface area contributed by atoms with Gasteiger partial charge in [-0.2, -0.15) is 5.10 Å². The maximum atomic E-state index is 13.5. The normalized spacial score (nSPS) is 22.3. The van der Waals surface area contributed by atoms with Gasteiger partial charge in [-0.25, -0.2) is 9.07 Å². The molecule has 22 heavy (non-hydrogen) atoms. The Kier molecular flexibility index (Phi) is 4.76. The van der Waals surface area contributed by atoms with Gasteiger partial charge in [0, 0.05) is 24.7 Å². The van der Waals surface area contributed by atoms with Gasteiger partial charge in [0.2, 0.25) is 0 Å². The first-order chi connectivity index (χ1) is 10.7. The number of benzene rings is 1. The monoisotopic (exact) mass is 323 g/mol. The molecule has 0 bridgehead atoms. The number of nitrogens with zero attached hydrogens (tertiary/aromatic N) is 3. The SMILES string of the molecule is OC[C@@H]1C[C@H](F)CN1Cc1cnn(Cc2ccccc2)c1Cl. The number of aliphatic hydroxyl groups excluding tert-OH is 1. The second-order valence-corrected chi connectivity index (χ2v) is 6.06. The van der Waals surface area contributed by atoms with Gasteiger partial charge in [-0.1, -0.05) is 41.9 Å². The number of halogens is 2. The molecule has 3 rings (SSSR count). The van der Waals surface area contributed by atoms with Crippen LogP contribution >= 0.6 is 11.6 Å². The van der Waals surface area contributed by atoms with Gasteiger partial charge in [-0.15, -0.1) is 0 Å². The molecule has 4 nitrogen and oxygen atoms in total. The summed E-state index contributed by atoms with van der Waals surface area (Å²) in [6.45, 7) is 1.43. The smallest absolute Gasteiger partial charge is 0.131 e. The molecular weight excluding hydrogens is 305 g/mol. The summed E-state index contributed by atoms with van der Waals surface area (Å²) >= 11 is 6.40. The quantitative estimate of drug-likeness (QED) is 0.919. The fourth-order valence-corrected chi connectivity index (χ4v) is 3.12. The minimum absolute atomic E-state index is 0.0316. The highest BCUT2D eigenvalue weighted by molar-refractivity contribution is 6.30. The maximum absolute atomic E-state index is 13.5. The Morgan fingerprint density at radius 1 is 1.27 bits per heavy atom. The van der Waals surface area contributed by atoms with Gasteiger partial charge in [-0.3, -0.25) is 4.90 Å². The largest absolute Gasteiger partial charge is 0.395 e. The summed E-state index contributed by atoms with van der Waals surface area (Å²) < 4.78 is 15.2. The average Bonchev–Trinajstić information content (AvgIpc) is 3.05. The topological polar surface area (TPSA) is 41.3 Å². The molecule has 1 aromatic heterocycles. The third-order valence-electron chi connectivity index (χ3n) is 4.08. The van der Waals surface area contributed by atoms with Gasteiger partial charge in [-0.05, 0) is 12.0 Å². The minimum atomic E-state index is -0.879. The van der Waals surface area contributed by atoms with Gasteiger partial charge in [0.15, 0.2) is 0 Å². The van der Waals surface area contributed by atoms with Gasteiger partial charge >= 0.3 is 0 Å². The Morgan fingerprint density at radius 2 is 2.05 bits per heavy atom. The van der Waals surface area contributed by atoms with Crippen molar-refractivity contribution in [3.8, 4) is 0 Å². The fraction of sp³-hybridized carbons (Fsp3) is 0.438. The summed E-state index contributed by atoms with van der Waals surface area (Å²) in [4.78, 5) is 1.93. The third kappa shape index (κ3) is 3.32. The highest BCUT2D eigenvalue weighted by atomic mass is 35.5. The summed E-state index contributed by atoms with van der Waals surface area (Å²) in [6.07, 6.45) is 1.23. The van der Waals surface area contributed by atoms with Gasteiger partial charge in [0.1, 0.15) is 11.3 Å². The van der Waals surface area contributed by atoms with E-state index < -0.39 is 6.17 Å². The Morgan fingerprint density at radius 3 is 2.77 bits per heavy atom. The van der Waals surface area contributed by atoms with Crippen LogP contribution in [0, 0.1) is 0 Å². The number of hydrogen-bond acceptors (Lipinski definition) is 3. The molecule has 6 heteroatoms. The summed E-state index contributed by atoms with van der Waals surface area (Å²) in [5.74, 6) is 0. The van der Waals surface area contributed by atoms with Crippen molar-refractivity contribution in [3.05, 3.63) is 52.8 Å². The van der Waals surface area contributed by atoms with Crippen LogP contribution in [-0.2, 0) is 13.1 Å². The Hall–Kier alpha value is -1.43. The van der Waals surface area contributed by atoms with Crippen LogP contribution in [0.1, 0.15) is 17.5 Å². The molecule has 0 radical (unpaired) electrons. The molecule has 0 unspecified atom stereocenters. The van der Waals surface area contributed by atoms with Gasteiger partial charge in [0.05, 0.1) is 19.3 Å². The number of alkyl halides is 1. The van der Waals surface area contributed by atoms with Crippen molar-refractivity contribution in [2.24, 2.45) is 0 Å². The van der Waals surface area contributed by atoms with Crippen molar-refractivity contribution < 1.29 is 9.50 Å². The molecule has 0 amide bonds. The van der Waals surface area contributed by atoms with E-state index in [0.717, 1.165) is 11.1 Å². The second-order valence-electron chi connectivity index (χ2n) is 5.70. The molecule has 1 aliphatic rings. The molecule has 0 aliphatic carbocycles. The lowest BCUT2D eigenvalue weighted by atomic mass is 10.2. The zero-order valence-corrected chi connectivity index (χ0v) is 13.0. The lowest BCUT2D eigenvalue weighted by Gasteiger charge is -2.21. The summed E-state index contributed by atoms with van der Waals surface area (Å²) in [5, 5.41) is 14.2. The van der Waals surface area contributed by atoms with E-state index in [9.17, 15) is 9.50 Å². The van der Waals surface area contributed by atoms with E-state index in [1.807, 2.05) is 35.2 Å². The summed E-state index contributed by atoms with van der Waals surface area (Å²) in [6, 6.07) is 9.83. The molecule has 1 aromatic carbocycles. The van der Waals surface area contributed by atoms with E-state index in [1.54, 1.807) is 10.9 Å². The van der Waals surface area contributed by atoms with Crippen molar-refractivity contribution in [1.82, 2.24) is 14.7 Å². The number of hydrogen-bond donors (Lipinski definition) is 1. The standard InChI is InChI=1S/C16H19ClFN3O/c17-16-13(9-20-10-14(18)6-15(20)11-22)7-19-21(16)8-12-4-2-1-3-5-12/h1-5,7,14-15,22H,6,8-11H2/t14-,15-/m0/s1. The first-order valence-electron chi connectivity index (χ1n) is 7.40. The van der Waals surface area contributed by atoms with E-state index in [0.29, 0.717) is 31.2 Å². The van der Waals surface area contributed by atoms with Gasteiger partial charge in [0.25, 0.3) is 0 Å². The van der Waals surface area contributed by atoms with Crippen LogP contribution in [0.5, 0.6) is 0 Å². The van der Waals surface area contributed by atoms with Crippen molar-refractivity contribution in [1.29, 1.82) is 0 Å². The third-order valence-corrected chi connectivity index (χ3v) is 4.52. The van der Waals surface area contributed by atoms with E-state index >= 15 is 0 Å². The summed E-state index contributed by atoms with van der Waals surface area (Å²) in [7, 11) is 0. The molecule has 1 fully saturated rings. The molecule has 1 N–H and O–H groups in total. The van der Waals surface area contributed by atoms with Crippen LogP contribution in [0.2, 0.25) is 5.15 Å². The van der Waals surface area contributed by atoms with Crippen LogP contribution < -0.4 is 0 Å². The van der Waals surface area contributed by atoms with Gasteiger partial charge < -0.3 is 5.11 Å². The van der Waals surface area contributed by atoms with E-state index in [4.69, 9.17) is 11.6 Å². The van der Waals surface area contributed by atoms with Crippen LogP contribution in [-0.4, -0.2) is 45.2 Å². The highest BCUT2D eigenvalue weighted by Crippen LogP contribution is 2.25. The molecule has 2 aromatic rings. The number of aliphatic hydroxyl groups is 1. The first-order valence-corrected chi connectivity index (χ1v) is 7.78. The predicted molar refractivity (Wildman–Crippen MR) is 83.6 cm³/mol. The Bertz CT molecular complexity index is 619. The van der Waals surface area contributed by atoms with Crippen LogP contribution in [0.3, 0.4) is 0 Å². The van der Waals surface area contributed by atoms with Crippen molar-refractivity contribution >= 4 is 11.6 Å². The van der Waals surface area contributed by atoms with Crippen molar-refractivity contribution in [2.45, 2.75) is 31.7 Å². The fourth-order valence-electron chi connectivity index (χ4n) is 2.91. The average molecular weight is 324 g/mol. The molecule has 0 saturated carbocycles. The lowest BCUT2D eigenvalue weighted by molar-refractivity contribution is 0.153. The number of rotatable bonds is 5. The zero-order valence-electron chi connectivity index (χ0n) is 12.2. The van der Waals surface area contributed by atoms with Crippen molar-refractivity contribution in [2.75, 3.05) is 13.2 Å². The molecule has 118 valence electrons. The van der Waals surface area contributed by atoms with E-state index in [2.05, 4.69) is 5.10 Å². The van der Waals surface area contributed by atoms with Crippen LogP contribution in [0.4, 0.5) is 4.39 Å². The zero-order chi connectivity index (χ0) is 15.5. The molecule has 1 aliphatic heterocycles. The van der Waals surface area contributed by atoms with Crippen LogP contribution in [0.25, 0.3) is 0 Å². The second kappa shape index (κ2) is 6.77. The molecule has 2 atom stereocenters. The molecule has 0 spiro atoms. The van der Waals surface area contributed by atoms with Crippen molar-refractivity contribution in [3.63, 3.8) is 0 Å². The highest BCUT2D eigenvalue weighted by Gasteiger charge is 2.32. The number of aromatic nitrogens is 2. The Balaban J connectivity index is 1.71. The predicted octanol–water partition coefficient (Wildman–Crippen LogP) is 2.49. The summed E-state index contributed by atoms with van der Waals surface area (Å²) in [5.41, 5.74) is 1.99. The first kappa shape index (κ1) is 15.5. The molecular formula is C16H19ClFN3O. The molecule has 1 saturated heterocycles. The lowest BCUT2D eigenvalue weighted by Crippen LogP contribution is -2.31. The van der Waals surface area contributed by atoms with E-state index in [-0.39, 0.29) is 12.6 Å².